The highest BCUT2D eigenvalue weighted by atomic mass is 19.4. The van der Waals surface area contributed by atoms with E-state index in [1.54, 1.807) is 18.0 Å². The van der Waals surface area contributed by atoms with Crippen LogP contribution >= 0.6 is 0 Å². The summed E-state index contributed by atoms with van der Waals surface area (Å²) in [5.74, 6) is -1.58. The van der Waals surface area contributed by atoms with Crippen LogP contribution in [0.3, 0.4) is 0 Å². The van der Waals surface area contributed by atoms with Gasteiger partial charge < -0.3 is 9.88 Å². The van der Waals surface area contributed by atoms with Gasteiger partial charge >= 0.3 is 6.18 Å². The van der Waals surface area contributed by atoms with Crippen molar-refractivity contribution in [3.05, 3.63) is 93.9 Å². The zero-order valence-electron chi connectivity index (χ0n) is 22.8. The molecule has 6 rings (SSSR count). The van der Waals surface area contributed by atoms with Crippen LogP contribution in [0, 0.1) is 18.6 Å². The molecule has 1 N–H and O–H groups in total. The average Bonchev–Trinajstić information content (AvgIpc) is 3.59. The molecule has 0 radical (unpaired) electrons. The Balaban J connectivity index is 1.58. The third-order valence-corrected chi connectivity index (χ3v) is 7.96. The molecule has 0 saturated heterocycles. The molecular formula is C31H28F5N5. The van der Waals surface area contributed by atoms with Crippen molar-refractivity contribution < 1.29 is 22.0 Å². The Morgan fingerprint density at radius 1 is 1.00 bits per heavy atom. The summed E-state index contributed by atoms with van der Waals surface area (Å²) in [7, 11) is 0. The maximum Gasteiger partial charge on any atom is 0.417 e. The summed E-state index contributed by atoms with van der Waals surface area (Å²) < 4.78 is 71.8. The Labute approximate surface area is 233 Å². The highest BCUT2D eigenvalue weighted by molar-refractivity contribution is 5.97. The Kier molecular flexibility index (Phi) is 6.59. The number of pyridine rings is 1. The number of benzene rings is 2. The van der Waals surface area contributed by atoms with Crippen molar-refractivity contribution in [2.24, 2.45) is 0 Å². The fourth-order valence-electron chi connectivity index (χ4n) is 5.83. The van der Waals surface area contributed by atoms with Gasteiger partial charge in [0, 0.05) is 54.0 Å². The molecule has 10 heteroatoms. The molecule has 41 heavy (non-hydrogen) atoms. The van der Waals surface area contributed by atoms with Gasteiger partial charge in [-0.15, -0.1) is 0 Å². The largest absolute Gasteiger partial charge is 0.417 e. The number of hydrogen-bond acceptors (Lipinski definition) is 3. The van der Waals surface area contributed by atoms with E-state index in [1.807, 2.05) is 28.9 Å². The molecule has 2 aromatic carbocycles. The first-order valence-electron chi connectivity index (χ1n) is 13.6. The number of aryl methyl sites for hydroxylation is 3. The molecule has 0 aliphatic carbocycles. The van der Waals surface area contributed by atoms with Gasteiger partial charge in [-0.2, -0.15) is 18.3 Å². The Morgan fingerprint density at radius 2 is 1.73 bits per heavy atom. The van der Waals surface area contributed by atoms with Crippen molar-refractivity contribution >= 4 is 16.7 Å². The normalized spacial score (nSPS) is 13.7. The molecule has 0 atom stereocenters. The first kappa shape index (κ1) is 27.0. The number of fused-ring (bicyclic) bond motifs is 2. The lowest BCUT2D eigenvalue weighted by Crippen LogP contribution is -2.32. The quantitative estimate of drug-likeness (QED) is 0.222. The maximum absolute atomic E-state index is 15.4. The molecule has 0 bridgehead atoms. The van der Waals surface area contributed by atoms with Crippen LogP contribution in [-0.2, 0) is 32.0 Å². The van der Waals surface area contributed by atoms with Crippen LogP contribution in [0.1, 0.15) is 47.4 Å². The fourth-order valence-corrected chi connectivity index (χ4v) is 5.83. The number of anilines is 1. The van der Waals surface area contributed by atoms with Crippen LogP contribution in [0.4, 0.5) is 27.8 Å². The fraction of sp³-hybridized carbons (Fsp3) is 0.290. The van der Waals surface area contributed by atoms with Crippen LogP contribution in [0.5, 0.6) is 0 Å². The van der Waals surface area contributed by atoms with Crippen LogP contribution in [0.2, 0.25) is 0 Å². The average molecular weight is 566 g/mol. The van der Waals surface area contributed by atoms with E-state index in [0.29, 0.717) is 47.6 Å². The van der Waals surface area contributed by atoms with Crippen LogP contribution in [0.25, 0.3) is 27.8 Å². The van der Waals surface area contributed by atoms with Crippen LogP contribution < -0.4 is 4.90 Å². The summed E-state index contributed by atoms with van der Waals surface area (Å²) in [6.45, 7) is 6.32. The molecule has 0 fully saturated rings. The van der Waals surface area contributed by atoms with Gasteiger partial charge in [-0.05, 0) is 49.1 Å². The molecule has 0 spiro atoms. The Hall–Kier alpha value is -4.21. The number of nitrogens with zero attached hydrogens (tertiary/aromatic N) is 4. The van der Waals surface area contributed by atoms with Crippen molar-refractivity contribution in [1.29, 1.82) is 0 Å². The molecule has 5 aromatic rings. The predicted molar refractivity (Wildman–Crippen MR) is 148 cm³/mol. The van der Waals surface area contributed by atoms with E-state index in [9.17, 15) is 13.2 Å². The van der Waals surface area contributed by atoms with Gasteiger partial charge in [0.25, 0.3) is 0 Å². The minimum atomic E-state index is -4.70. The van der Waals surface area contributed by atoms with Crippen molar-refractivity contribution in [2.75, 3.05) is 11.4 Å². The number of halogens is 5. The third-order valence-electron chi connectivity index (χ3n) is 7.96. The molecular weight excluding hydrogens is 537 g/mol. The lowest BCUT2D eigenvalue weighted by Gasteiger charge is -2.28. The molecule has 0 unspecified atom stereocenters. The third kappa shape index (κ3) is 4.45. The van der Waals surface area contributed by atoms with Gasteiger partial charge in [0.1, 0.15) is 5.82 Å². The van der Waals surface area contributed by atoms with Gasteiger partial charge in [0.2, 0.25) is 0 Å². The van der Waals surface area contributed by atoms with E-state index in [-0.39, 0.29) is 18.2 Å². The number of nitrogens with one attached hydrogen (secondary N) is 1. The number of hydrogen-bond donors (Lipinski definition) is 1. The van der Waals surface area contributed by atoms with Gasteiger partial charge in [-0.3, -0.25) is 0 Å². The first-order valence-corrected chi connectivity index (χ1v) is 13.6. The smallest absolute Gasteiger partial charge is 0.361 e. The predicted octanol–water partition coefficient (Wildman–Crippen LogP) is 7.71. The second-order valence-corrected chi connectivity index (χ2v) is 10.3. The zero-order chi connectivity index (χ0) is 29.1. The highest BCUT2D eigenvalue weighted by Gasteiger charge is 2.34. The number of H-pyrrole nitrogens is 1. The zero-order valence-corrected chi connectivity index (χ0v) is 22.8. The molecule has 0 saturated carbocycles. The van der Waals surface area contributed by atoms with E-state index >= 15 is 8.78 Å². The standard InChI is InChI=1S/C31H28F5N5/c1-4-18-7-6-8-19(5-2)28(18)41-29(22-14-24(32)17(3)27-21(22)9-11-37-27)23-16-40(12-10-26(23)39-41)30-25(33)13-20(15-38-30)31(34,35)36/h6-9,11,13-15,37H,4-5,10,12,16H2,1-3H3. The number of para-hydroxylation sites is 1. The number of aromatic nitrogens is 4. The first-order chi connectivity index (χ1) is 19.6. The van der Waals surface area contributed by atoms with E-state index < -0.39 is 17.6 Å². The molecule has 3 aromatic heterocycles. The molecule has 4 heterocycles. The van der Waals surface area contributed by atoms with E-state index in [2.05, 4.69) is 23.8 Å². The van der Waals surface area contributed by atoms with Gasteiger partial charge in [-0.1, -0.05) is 32.0 Å². The lowest BCUT2D eigenvalue weighted by atomic mass is 9.96. The SMILES string of the molecule is CCc1cccc(CC)c1-n1nc2c(c1-c1cc(F)c(C)c3[nH]ccc13)CN(c1ncc(C(F)(F)F)cc1F)CC2. The summed E-state index contributed by atoms with van der Waals surface area (Å²) >= 11 is 0. The molecule has 212 valence electrons. The van der Waals surface area contributed by atoms with Gasteiger partial charge in [0.05, 0.1) is 28.2 Å². The van der Waals surface area contributed by atoms with Crippen LogP contribution in [0.15, 0.2) is 48.8 Å². The minimum absolute atomic E-state index is 0.150. The van der Waals surface area contributed by atoms with Crippen molar-refractivity contribution in [2.45, 2.75) is 52.8 Å². The number of aromatic amines is 1. The van der Waals surface area contributed by atoms with E-state index in [1.165, 1.54) is 6.07 Å². The Morgan fingerprint density at radius 3 is 2.39 bits per heavy atom. The maximum atomic E-state index is 15.4. The van der Waals surface area contributed by atoms with Crippen molar-refractivity contribution in [1.82, 2.24) is 19.7 Å². The molecule has 5 nitrogen and oxygen atoms in total. The number of rotatable bonds is 5. The summed E-state index contributed by atoms with van der Waals surface area (Å²) in [5, 5.41) is 5.86. The topological polar surface area (TPSA) is 49.7 Å². The van der Waals surface area contributed by atoms with Crippen LogP contribution in [-0.4, -0.2) is 26.3 Å². The second-order valence-electron chi connectivity index (χ2n) is 10.3. The minimum Gasteiger partial charge on any atom is -0.361 e. The van der Waals surface area contributed by atoms with Gasteiger partial charge in [-0.25, -0.2) is 18.4 Å². The number of alkyl halides is 3. The van der Waals surface area contributed by atoms with E-state index in [0.717, 1.165) is 46.3 Å². The molecule has 1 aliphatic rings. The summed E-state index contributed by atoms with van der Waals surface area (Å²) in [6.07, 6.45) is -0.362. The summed E-state index contributed by atoms with van der Waals surface area (Å²) in [4.78, 5) is 8.64. The summed E-state index contributed by atoms with van der Waals surface area (Å²) in [6, 6.07) is 10.00. The summed E-state index contributed by atoms with van der Waals surface area (Å²) in [5.41, 5.74) is 5.96. The van der Waals surface area contributed by atoms with E-state index in [4.69, 9.17) is 5.10 Å². The lowest BCUT2D eigenvalue weighted by molar-refractivity contribution is -0.138. The molecule has 1 aliphatic heterocycles. The van der Waals surface area contributed by atoms with Gasteiger partial charge in [0.15, 0.2) is 11.6 Å². The highest BCUT2D eigenvalue weighted by Crippen LogP contribution is 2.40. The molecule has 0 amide bonds. The Bertz CT molecular complexity index is 1760. The van der Waals surface area contributed by atoms with Crippen molar-refractivity contribution in [3.8, 4) is 16.9 Å². The van der Waals surface area contributed by atoms with Crippen molar-refractivity contribution in [3.63, 3.8) is 0 Å². The second kappa shape index (κ2) is 10.0. The monoisotopic (exact) mass is 565 g/mol.